The van der Waals surface area contributed by atoms with Crippen LogP contribution in [0.2, 0.25) is 5.02 Å². The van der Waals surface area contributed by atoms with Gasteiger partial charge in [0.25, 0.3) is 0 Å². The van der Waals surface area contributed by atoms with Crippen molar-refractivity contribution in [2.75, 3.05) is 6.61 Å². The van der Waals surface area contributed by atoms with E-state index in [1.807, 2.05) is 56.3 Å². The van der Waals surface area contributed by atoms with Crippen molar-refractivity contribution in [3.8, 4) is 17.2 Å². The maximum Gasteiger partial charge on any atom is 0.572 e. The van der Waals surface area contributed by atoms with Crippen molar-refractivity contribution in [1.29, 1.82) is 0 Å². The molecule has 31 heavy (non-hydrogen) atoms. The Hall–Kier alpha value is -2.67. The highest BCUT2D eigenvalue weighted by Crippen LogP contribution is 2.37. The monoisotopic (exact) mass is 458 g/mol. The topological polar surface area (TPSA) is 44.8 Å². The molecule has 3 aromatic carbocycles. The molecule has 0 saturated heterocycles. The molecular weight excluding hydrogens is 434 g/mol. The van der Waals surface area contributed by atoms with Crippen LogP contribution in [0.3, 0.4) is 0 Å². The van der Waals surface area contributed by atoms with Crippen molar-refractivity contribution in [1.82, 2.24) is 0 Å². The summed E-state index contributed by atoms with van der Waals surface area (Å²) in [5, 5.41) is 0.601. The Balaban J connectivity index is 1.85. The van der Waals surface area contributed by atoms with Crippen molar-refractivity contribution in [2.24, 2.45) is 0 Å². The smallest absolute Gasteiger partial charge is 0.457 e. The van der Waals surface area contributed by atoms with Crippen LogP contribution in [0.5, 0.6) is 17.2 Å². The van der Waals surface area contributed by atoms with Crippen LogP contribution in [-0.2, 0) is 4.74 Å². The first kappa shape index (κ1) is 23.0. The highest BCUT2D eigenvalue weighted by atomic mass is 35.5. The molecule has 1 unspecified atom stereocenters. The summed E-state index contributed by atoms with van der Waals surface area (Å²) in [7, 11) is 0. The van der Waals surface area contributed by atoms with Crippen LogP contribution in [0.1, 0.15) is 20.8 Å². The van der Waals surface area contributed by atoms with Gasteiger partial charge in [-0.2, -0.15) is 4.79 Å². The molecule has 0 saturated carbocycles. The molecule has 162 valence electrons. The van der Waals surface area contributed by atoms with Crippen LogP contribution >= 0.6 is 23.5 Å². The first-order valence-electron chi connectivity index (χ1n) is 9.96. The highest BCUT2D eigenvalue weighted by Gasteiger charge is 2.49. The summed E-state index contributed by atoms with van der Waals surface area (Å²) in [6.45, 7) is 5.88. The molecular formula is C24H25ClNO4S+. The van der Waals surface area contributed by atoms with E-state index >= 15 is 0 Å². The van der Waals surface area contributed by atoms with Crippen molar-refractivity contribution in [2.45, 2.75) is 31.7 Å². The summed E-state index contributed by atoms with van der Waals surface area (Å²) >= 11 is 7.30. The summed E-state index contributed by atoms with van der Waals surface area (Å²) in [6.07, 6.45) is -0.467. The molecule has 0 N–H and O–H groups in total. The van der Waals surface area contributed by atoms with Gasteiger partial charge in [0.1, 0.15) is 17.5 Å². The van der Waals surface area contributed by atoms with Crippen LogP contribution < -0.4 is 9.57 Å². The van der Waals surface area contributed by atoms with E-state index < -0.39 is 10.1 Å². The average molecular weight is 459 g/mol. The third-order valence-corrected chi connectivity index (χ3v) is 5.92. The molecule has 0 aliphatic heterocycles. The number of amides is 1. The lowest BCUT2D eigenvalue weighted by atomic mass is 10.3. The summed E-state index contributed by atoms with van der Waals surface area (Å²) in [6, 6.07) is 23.7. The van der Waals surface area contributed by atoms with Gasteiger partial charge < -0.3 is 9.47 Å². The number of quaternary nitrogens is 1. The second-order valence-corrected chi connectivity index (χ2v) is 8.55. The van der Waals surface area contributed by atoms with Gasteiger partial charge in [0.05, 0.1) is 11.5 Å². The van der Waals surface area contributed by atoms with Gasteiger partial charge in [0, 0.05) is 9.07 Å². The van der Waals surface area contributed by atoms with E-state index in [1.54, 1.807) is 43.3 Å². The lowest BCUT2D eigenvalue weighted by molar-refractivity contribution is -0.920. The first-order valence-corrected chi connectivity index (χ1v) is 11.1. The Morgan fingerprint density at radius 2 is 1.61 bits per heavy atom. The number of hydrogen-bond donors (Lipinski definition) is 0. The fourth-order valence-electron chi connectivity index (χ4n) is 2.76. The molecule has 3 rings (SSSR count). The zero-order valence-electron chi connectivity index (χ0n) is 17.7. The third-order valence-electron chi connectivity index (χ3n) is 4.28. The Labute approximate surface area is 192 Å². The number of nitrogens with zero attached hydrogens (tertiary/aromatic N) is 1. The van der Waals surface area contributed by atoms with Gasteiger partial charge in [-0.3, -0.25) is 4.84 Å². The Morgan fingerprint density at radius 1 is 0.935 bits per heavy atom. The number of benzene rings is 3. The molecule has 1 amide bonds. The lowest BCUT2D eigenvalue weighted by Gasteiger charge is -2.32. The maximum absolute atomic E-state index is 13.0. The minimum absolute atomic E-state index is 0.216. The molecule has 0 bridgehead atoms. The first-order chi connectivity index (χ1) is 14.9. The van der Waals surface area contributed by atoms with Crippen LogP contribution in [-0.4, -0.2) is 22.8 Å². The van der Waals surface area contributed by atoms with Gasteiger partial charge in [-0.05, 0) is 75.4 Å². The second-order valence-electron chi connectivity index (χ2n) is 6.92. The molecule has 0 spiro atoms. The van der Waals surface area contributed by atoms with E-state index in [-0.39, 0.29) is 12.6 Å². The van der Waals surface area contributed by atoms with Gasteiger partial charge >= 0.3 is 6.09 Å². The molecule has 7 heteroatoms. The number of ether oxygens (including phenoxy) is 2. The zero-order valence-corrected chi connectivity index (χ0v) is 19.2. The van der Waals surface area contributed by atoms with Gasteiger partial charge in [-0.25, -0.2) is 0 Å². The largest absolute Gasteiger partial charge is 0.572 e. The third kappa shape index (κ3) is 5.94. The summed E-state index contributed by atoms with van der Waals surface area (Å²) in [5.74, 6) is 1.78. The average Bonchev–Trinajstić information content (AvgIpc) is 2.75. The van der Waals surface area contributed by atoms with Gasteiger partial charge in [0.2, 0.25) is 0 Å². The predicted molar refractivity (Wildman–Crippen MR) is 123 cm³/mol. The number of rotatable bonds is 8. The second kappa shape index (κ2) is 10.6. The number of halogens is 1. The van der Waals surface area contributed by atoms with Crippen molar-refractivity contribution in [3.63, 3.8) is 0 Å². The molecule has 0 aliphatic carbocycles. The van der Waals surface area contributed by atoms with Gasteiger partial charge in [0.15, 0.2) is 17.7 Å². The predicted octanol–water partition coefficient (Wildman–Crippen LogP) is 7.52. The molecule has 3 aromatic rings. The molecule has 5 nitrogen and oxygen atoms in total. The van der Waals surface area contributed by atoms with Crippen molar-refractivity contribution in [3.05, 3.63) is 83.9 Å². The van der Waals surface area contributed by atoms with Crippen LogP contribution in [0.4, 0.5) is 4.79 Å². The van der Waals surface area contributed by atoms with Gasteiger partial charge in [-0.1, -0.05) is 35.9 Å². The molecule has 0 heterocycles. The van der Waals surface area contributed by atoms with Crippen LogP contribution in [0, 0.1) is 0 Å². The molecule has 0 aliphatic rings. The van der Waals surface area contributed by atoms with E-state index in [9.17, 15) is 4.79 Å². The highest BCUT2D eigenvalue weighted by molar-refractivity contribution is 7.94. The molecule has 0 radical (unpaired) electrons. The van der Waals surface area contributed by atoms with Crippen LogP contribution in [0.25, 0.3) is 0 Å². The lowest BCUT2D eigenvalue weighted by Crippen LogP contribution is -2.54. The summed E-state index contributed by atoms with van der Waals surface area (Å²) in [5.41, 5.74) is 0. The van der Waals surface area contributed by atoms with E-state index in [4.69, 9.17) is 25.9 Å². The summed E-state index contributed by atoms with van der Waals surface area (Å²) in [4.78, 5) is 20.2. The quantitative estimate of drug-likeness (QED) is 0.198. The van der Waals surface area contributed by atoms with Crippen molar-refractivity contribution >= 4 is 29.6 Å². The minimum Gasteiger partial charge on any atom is -0.457 e. The number of hydrogen-bond acceptors (Lipinski definition) is 5. The molecule has 0 aromatic heterocycles. The van der Waals surface area contributed by atoms with E-state index in [0.717, 1.165) is 4.90 Å². The van der Waals surface area contributed by atoms with Crippen molar-refractivity contribution < 1.29 is 23.2 Å². The number of hydroxylamine groups is 2. The maximum atomic E-state index is 13.0. The summed E-state index contributed by atoms with van der Waals surface area (Å²) < 4.78 is 10.8. The van der Waals surface area contributed by atoms with E-state index in [0.29, 0.717) is 22.3 Å². The Bertz CT molecular complexity index is 998. The van der Waals surface area contributed by atoms with E-state index in [2.05, 4.69) is 0 Å². The fourth-order valence-corrected chi connectivity index (χ4v) is 3.99. The van der Waals surface area contributed by atoms with Crippen LogP contribution in [0.15, 0.2) is 83.8 Å². The van der Waals surface area contributed by atoms with E-state index in [1.165, 1.54) is 11.9 Å². The fraction of sp³-hybridized carbons (Fsp3) is 0.208. The normalized spacial score (nSPS) is 12.8. The standard InChI is InChI=1S/C24H25ClNO4S/c1-4-28-24(27)26(18(2)3,31-23-11-6-5-7-12-23)30-21-15-13-20(14-16-21)29-22-10-8-9-19(25)17-22/h5-18H,4H2,1-3H3/q+1. The minimum atomic E-state index is -0.467. The molecule has 0 fully saturated rings. The van der Waals surface area contributed by atoms with Gasteiger partial charge in [-0.15, -0.1) is 0 Å². The number of carbonyl (C=O) groups excluding carboxylic acids is 1. The SMILES string of the molecule is CCOC(=O)[N+](Oc1ccc(Oc2cccc(Cl)c2)cc1)(Sc1ccccc1)C(C)C. The number of carbonyl (C=O) groups is 1. The molecule has 1 atom stereocenters. The Kier molecular flexibility index (Phi) is 7.85. The Morgan fingerprint density at radius 3 is 2.23 bits per heavy atom. The zero-order chi connectivity index (χ0) is 22.3.